The summed E-state index contributed by atoms with van der Waals surface area (Å²) in [6.07, 6.45) is 6.73. The molecule has 0 aromatic carbocycles. The van der Waals surface area contributed by atoms with Gasteiger partial charge in [0.1, 0.15) is 5.69 Å². The smallest absolute Gasteiger partial charge is 0.287 e. The number of nitrogens with one attached hydrogen (secondary N) is 2. The molecule has 0 radical (unpaired) electrons. The zero-order valence-electron chi connectivity index (χ0n) is 23.2. The summed E-state index contributed by atoms with van der Waals surface area (Å²) in [4.78, 5) is 79.5. The Morgan fingerprint density at radius 2 is 1.74 bits per heavy atom. The Bertz CT molecular complexity index is 1230. The molecule has 2 amide bonds. The molecule has 0 spiro atoms. The summed E-state index contributed by atoms with van der Waals surface area (Å²) in [5.41, 5.74) is -0.0845. The number of pyridine rings is 1. The van der Waals surface area contributed by atoms with E-state index in [4.69, 9.17) is 0 Å². The van der Waals surface area contributed by atoms with E-state index in [0.29, 0.717) is 12.3 Å². The predicted molar refractivity (Wildman–Crippen MR) is 145 cm³/mol. The minimum atomic E-state index is -1.12. The Kier molecular flexibility index (Phi) is 12.5. The normalized spacial score (nSPS) is 11.7. The third-order valence-electron chi connectivity index (χ3n) is 6.79. The molecule has 0 aliphatic carbocycles. The molecule has 212 valence electrons. The minimum Gasteiger partial charge on any atom is -0.350 e. The van der Waals surface area contributed by atoms with Crippen molar-refractivity contribution in [1.29, 1.82) is 0 Å². The van der Waals surface area contributed by atoms with Crippen LogP contribution in [0.15, 0.2) is 35.6 Å². The van der Waals surface area contributed by atoms with Crippen molar-refractivity contribution >= 4 is 29.2 Å². The van der Waals surface area contributed by atoms with Gasteiger partial charge in [0, 0.05) is 44.6 Å². The maximum absolute atomic E-state index is 13.3. The fraction of sp³-hybridized carbons (Fsp3) is 0.536. The van der Waals surface area contributed by atoms with Crippen LogP contribution in [-0.2, 0) is 39.2 Å². The lowest BCUT2D eigenvalue weighted by Gasteiger charge is -2.18. The molecule has 2 N–H and O–H groups in total. The Morgan fingerprint density at radius 3 is 2.36 bits per heavy atom. The zero-order valence-corrected chi connectivity index (χ0v) is 23.2. The number of amides is 2. The Morgan fingerprint density at radius 1 is 1.03 bits per heavy atom. The fourth-order valence-corrected chi connectivity index (χ4v) is 4.26. The number of ketones is 3. The summed E-state index contributed by atoms with van der Waals surface area (Å²) in [6, 6.07) is 1.98. The highest BCUT2D eigenvalue weighted by Crippen LogP contribution is 2.15. The van der Waals surface area contributed by atoms with Gasteiger partial charge in [-0.05, 0) is 31.7 Å². The van der Waals surface area contributed by atoms with Crippen LogP contribution in [0.4, 0.5) is 0 Å². The van der Waals surface area contributed by atoms with E-state index in [9.17, 15) is 28.8 Å². The van der Waals surface area contributed by atoms with Crippen LogP contribution in [0, 0.1) is 5.92 Å². The van der Waals surface area contributed by atoms with E-state index >= 15 is 0 Å². The largest absolute Gasteiger partial charge is 0.350 e. The number of carbonyl (C=O) groups is 5. The number of nitrogens with zero attached hydrogens (tertiary/aromatic N) is 3. The summed E-state index contributed by atoms with van der Waals surface area (Å²) in [5.74, 6) is -2.14. The number of imidazole rings is 1. The van der Waals surface area contributed by atoms with Gasteiger partial charge >= 0.3 is 0 Å². The first-order valence-corrected chi connectivity index (χ1v) is 13.4. The second-order valence-corrected chi connectivity index (χ2v) is 9.61. The molecule has 0 fully saturated rings. The average molecular weight is 542 g/mol. The first kappa shape index (κ1) is 31.3. The van der Waals surface area contributed by atoms with Crippen molar-refractivity contribution in [2.45, 2.75) is 78.3 Å². The van der Waals surface area contributed by atoms with E-state index in [-0.39, 0.29) is 49.4 Å². The molecule has 11 heteroatoms. The molecule has 0 aliphatic rings. The van der Waals surface area contributed by atoms with Gasteiger partial charge in [-0.1, -0.05) is 32.8 Å². The predicted octanol–water partition coefficient (Wildman–Crippen LogP) is 1.76. The number of hydrogen-bond donors (Lipinski definition) is 2. The molecule has 11 nitrogen and oxygen atoms in total. The lowest BCUT2D eigenvalue weighted by molar-refractivity contribution is -0.138. The second-order valence-electron chi connectivity index (χ2n) is 9.61. The topological polar surface area (TPSA) is 149 Å². The van der Waals surface area contributed by atoms with Crippen molar-refractivity contribution < 1.29 is 24.0 Å². The van der Waals surface area contributed by atoms with Crippen LogP contribution in [0.25, 0.3) is 0 Å². The number of rotatable bonds is 17. The maximum atomic E-state index is 13.3. The fourth-order valence-electron chi connectivity index (χ4n) is 4.26. The molecular weight excluding hydrogens is 502 g/mol. The van der Waals surface area contributed by atoms with E-state index in [1.54, 1.807) is 20.0 Å². The Hall–Kier alpha value is -3.89. The number of likely N-dealkylation sites (N-methyl/N-ethyl adjacent to an activating group) is 1. The first-order valence-electron chi connectivity index (χ1n) is 13.4. The molecule has 2 aromatic heterocycles. The molecule has 0 saturated carbocycles. The van der Waals surface area contributed by atoms with Gasteiger partial charge in [0.25, 0.3) is 17.4 Å². The Labute approximate surface area is 228 Å². The van der Waals surface area contributed by atoms with Crippen LogP contribution in [0.1, 0.15) is 75.3 Å². The number of aromatic nitrogens is 3. The number of hydrogen-bond acceptors (Lipinski definition) is 7. The third kappa shape index (κ3) is 9.42. The van der Waals surface area contributed by atoms with Gasteiger partial charge in [-0.25, -0.2) is 4.98 Å². The monoisotopic (exact) mass is 541 g/mol. The summed E-state index contributed by atoms with van der Waals surface area (Å²) in [7, 11) is 1.62. The molecule has 0 aliphatic heterocycles. The average Bonchev–Trinajstić information content (AvgIpc) is 3.35. The molecule has 0 bridgehead atoms. The van der Waals surface area contributed by atoms with Gasteiger partial charge in [-0.2, -0.15) is 0 Å². The number of carbonyl (C=O) groups excluding carboxylic acids is 5. The van der Waals surface area contributed by atoms with Crippen LogP contribution in [0.5, 0.6) is 0 Å². The third-order valence-corrected chi connectivity index (χ3v) is 6.79. The quantitative estimate of drug-likeness (QED) is 0.290. The van der Waals surface area contributed by atoms with Crippen LogP contribution < -0.4 is 16.2 Å². The highest BCUT2D eigenvalue weighted by molar-refractivity contribution is 6.36. The van der Waals surface area contributed by atoms with E-state index in [0.717, 1.165) is 19.3 Å². The summed E-state index contributed by atoms with van der Waals surface area (Å²) in [5, 5.41) is 5.03. The summed E-state index contributed by atoms with van der Waals surface area (Å²) in [6.45, 7) is 6.06. The molecule has 2 aromatic rings. The van der Waals surface area contributed by atoms with Gasteiger partial charge in [0.15, 0.2) is 11.6 Å². The van der Waals surface area contributed by atoms with Crippen molar-refractivity contribution in [1.82, 2.24) is 24.8 Å². The molecule has 2 rings (SSSR count). The van der Waals surface area contributed by atoms with Crippen molar-refractivity contribution in [3.63, 3.8) is 0 Å². The second kappa shape index (κ2) is 15.5. The number of aryl methyl sites for hydroxylation is 1. The lowest BCUT2D eigenvalue weighted by Crippen LogP contribution is -2.43. The van der Waals surface area contributed by atoms with Gasteiger partial charge in [0.05, 0.1) is 25.1 Å². The van der Waals surface area contributed by atoms with E-state index in [1.165, 1.54) is 33.9 Å². The van der Waals surface area contributed by atoms with Crippen molar-refractivity contribution in [3.05, 3.63) is 52.5 Å². The van der Waals surface area contributed by atoms with Crippen LogP contribution in [-0.4, -0.2) is 55.9 Å². The highest BCUT2D eigenvalue weighted by Gasteiger charge is 2.26. The highest BCUT2D eigenvalue weighted by atomic mass is 16.2. The van der Waals surface area contributed by atoms with E-state index in [2.05, 4.69) is 29.5 Å². The van der Waals surface area contributed by atoms with E-state index in [1.807, 2.05) is 0 Å². The van der Waals surface area contributed by atoms with Crippen LogP contribution in [0.3, 0.4) is 0 Å². The van der Waals surface area contributed by atoms with Crippen LogP contribution in [0.2, 0.25) is 0 Å². The van der Waals surface area contributed by atoms with Gasteiger partial charge in [-0.15, -0.1) is 0 Å². The summed E-state index contributed by atoms with van der Waals surface area (Å²) >= 11 is 0. The van der Waals surface area contributed by atoms with Crippen molar-refractivity contribution in [2.24, 2.45) is 13.0 Å². The van der Waals surface area contributed by atoms with Gasteiger partial charge in [-0.3, -0.25) is 28.8 Å². The Balaban J connectivity index is 2.16. The molecule has 1 atom stereocenters. The van der Waals surface area contributed by atoms with E-state index < -0.39 is 35.0 Å². The summed E-state index contributed by atoms with van der Waals surface area (Å²) < 4.78 is 2.77. The lowest BCUT2D eigenvalue weighted by atomic mass is 9.96. The standard InChI is InChI=1S/C28H39N5O6/c1-5-19(6-2)10-11-21(34)17-33-14-8-9-20(28(33)39)15-25(36)22(12-13-24(35)27(38)30-7-3)31-26(37)23-16-29-18-32(23)4/h8-9,14,16,18-19,22H,5-7,10-13,15,17H2,1-4H3,(H,30,38)(H,31,37)/t22-/m0/s1. The van der Waals surface area contributed by atoms with Crippen LogP contribution >= 0.6 is 0 Å². The minimum absolute atomic E-state index is 0.0577. The number of Topliss-reactive ketones (excluding diaryl/α,β-unsaturated/α-hetero) is 3. The molecule has 2 heterocycles. The SMILES string of the molecule is CCNC(=O)C(=O)CC[C@H](NC(=O)c1cncn1C)C(=O)Cc1cccn(CC(=O)CCC(CC)CC)c1=O. The molecule has 0 saturated heterocycles. The zero-order chi connectivity index (χ0) is 28.9. The first-order chi connectivity index (χ1) is 18.6. The maximum Gasteiger partial charge on any atom is 0.287 e. The van der Waals surface area contributed by atoms with Crippen molar-refractivity contribution in [3.8, 4) is 0 Å². The van der Waals surface area contributed by atoms with Gasteiger partial charge < -0.3 is 19.8 Å². The van der Waals surface area contributed by atoms with Gasteiger partial charge in [0.2, 0.25) is 5.78 Å². The molecule has 39 heavy (non-hydrogen) atoms. The molecular formula is C28H39N5O6. The molecule has 0 unspecified atom stereocenters. The van der Waals surface area contributed by atoms with Crippen molar-refractivity contribution in [2.75, 3.05) is 6.54 Å².